The van der Waals surface area contributed by atoms with Gasteiger partial charge in [0.2, 0.25) is 0 Å². The van der Waals surface area contributed by atoms with Gasteiger partial charge in [-0.3, -0.25) is 0 Å². The van der Waals surface area contributed by atoms with Crippen molar-refractivity contribution in [3.63, 3.8) is 0 Å². The van der Waals surface area contributed by atoms with Crippen LogP contribution in [0.2, 0.25) is 13.1 Å². The van der Waals surface area contributed by atoms with E-state index in [1.54, 1.807) is 7.11 Å². The van der Waals surface area contributed by atoms with Crippen LogP contribution in [0, 0.1) is 6.07 Å². The van der Waals surface area contributed by atoms with Crippen LogP contribution in [0.15, 0.2) is 42.5 Å². The van der Waals surface area contributed by atoms with Crippen molar-refractivity contribution < 1.29 is 4.74 Å². The SMILES string of the molecule is CCc1[c]ccc(C[Si](C)(C)c2ccccc2)c1OC. The molecule has 1 nitrogen and oxygen atoms in total. The van der Waals surface area contributed by atoms with Gasteiger partial charge in [0.15, 0.2) is 0 Å². The summed E-state index contributed by atoms with van der Waals surface area (Å²) in [6, 6.07) is 19.5. The predicted octanol–water partition coefficient (Wildman–Crippen LogP) is 3.76. The first-order valence-corrected chi connectivity index (χ1v) is 10.4. The van der Waals surface area contributed by atoms with Gasteiger partial charge in [0.05, 0.1) is 15.2 Å². The first kappa shape index (κ1) is 14.9. The van der Waals surface area contributed by atoms with Crippen molar-refractivity contribution >= 4 is 13.3 Å². The molecule has 0 atom stereocenters. The van der Waals surface area contributed by atoms with Crippen LogP contribution in [0.5, 0.6) is 5.75 Å². The largest absolute Gasteiger partial charge is 0.496 e. The first-order chi connectivity index (χ1) is 9.58. The van der Waals surface area contributed by atoms with Crippen LogP contribution >= 0.6 is 0 Å². The summed E-state index contributed by atoms with van der Waals surface area (Å²) in [5, 5.41) is 1.49. The molecule has 2 rings (SSSR count). The van der Waals surface area contributed by atoms with Gasteiger partial charge in [0.1, 0.15) is 5.75 Å². The molecule has 0 saturated carbocycles. The fraction of sp³-hybridized carbons (Fsp3) is 0.333. The second kappa shape index (κ2) is 6.27. The molecule has 20 heavy (non-hydrogen) atoms. The third kappa shape index (κ3) is 3.13. The maximum absolute atomic E-state index is 5.64. The second-order valence-corrected chi connectivity index (χ2v) is 10.5. The average Bonchev–Trinajstić information content (AvgIpc) is 2.47. The molecule has 0 N–H and O–H groups in total. The van der Waals surface area contributed by atoms with E-state index in [4.69, 9.17) is 4.74 Å². The zero-order chi connectivity index (χ0) is 14.6. The number of rotatable bonds is 5. The van der Waals surface area contributed by atoms with Crippen LogP contribution in [0.3, 0.4) is 0 Å². The summed E-state index contributed by atoms with van der Waals surface area (Å²) in [7, 11) is 0.269. The fourth-order valence-corrected chi connectivity index (χ4v) is 5.23. The molecule has 0 spiro atoms. The van der Waals surface area contributed by atoms with Crippen molar-refractivity contribution in [1.82, 2.24) is 0 Å². The number of hydrogen-bond donors (Lipinski definition) is 0. The molecule has 1 radical (unpaired) electrons. The van der Waals surface area contributed by atoms with Gasteiger partial charge in [0.25, 0.3) is 0 Å². The molecular formula is C18H23OSi. The van der Waals surface area contributed by atoms with Crippen molar-refractivity contribution in [3.8, 4) is 5.75 Å². The molecule has 0 aliphatic rings. The van der Waals surface area contributed by atoms with E-state index in [0.29, 0.717) is 0 Å². The summed E-state index contributed by atoms with van der Waals surface area (Å²) >= 11 is 0. The highest BCUT2D eigenvalue weighted by Gasteiger charge is 2.25. The van der Waals surface area contributed by atoms with Crippen molar-refractivity contribution in [3.05, 3.63) is 59.7 Å². The number of methoxy groups -OCH3 is 1. The highest BCUT2D eigenvalue weighted by Crippen LogP contribution is 2.27. The van der Waals surface area contributed by atoms with Crippen LogP contribution in [0.25, 0.3) is 0 Å². The molecule has 0 bridgehead atoms. The summed E-state index contributed by atoms with van der Waals surface area (Å²) in [4.78, 5) is 0. The molecule has 2 aromatic carbocycles. The Kier molecular flexibility index (Phi) is 4.66. The molecule has 0 amide bonds. The molecule has 105 valence electrons. The van der Waals surface area contributed by atoms with Gasteiger partial charge < -0.3 is 4.74 Å². The molecule has 0 fully saturated rings. The molecular weight excluding hydrogens is 260 g/mol. The summed E-state index contributed by atoms with van der Waals surface area (Å²) in [5.74, 6) is 1.03. The molecule has 2 aromatic rings. The van der Waals surface area contributed by atoms with Gasteiger partial charge in [-0.05, 0) is 24.1 Å². The quantitative estimate of drug-likeness (QED) is 0.759. The highest BCUT2D eigenvalue weighted by atomic mass is 28.3. The van der Waals surface area contributed by atoms with E-state index >= 15 is 0 Å². The fourth-order valence-electron chi connectivity index (χ4n) is 2.70. The summed E-state index contributed by atoms with van der Waals surface area (Å²) in [6.07, 6.45) is 0.963. The Bertz CT molecular complexity index is 561. The highest BCUT2D eigenvalue weighted by molar-refractivity contribution is 6.89. The zero-order valence-electron chi connectivity index (χ0n) is 12.9. The van der Waals surface area contributed by atoms with Crippen LogP contribution in [0.4, 0.5) is 0 Å². The van der Waals surface area contributed by atoms with Crippen molar-refractivity contribution in [2.75, 3.05) is 7.11 Å². The third-order valence-electron chi connectivity index (χ3n) is 3.85. The topological polar surface area (TPSA) is 9.23 Å². The number of benzene rings is 2. The van der Waals surface area contributed by atoms with E-state index in [2.05, 4.69) is 62.5 Å². The lowest BCUT2D eigenvalue weighted by molar-refractivity contribution is 0.406. The standard InChI is InChI=1S/C18H23OSi/c1-5-15-10-9-11-16(18(15)19-2)14-20(3,4)17-12-7-6-8-13-17/h6-9,11-13H,5,14H2,1-4H3. The van der Waals surface area contributed by atoms with Gasteiger partial charge in [-0.1, -0.05) is 67.7 Å². The minimum Gasteiger partial charge on any atom is -0.496 e. The Labute approximate surface area is 123 Å². The van der Waals surface area contributed by atoms with Gasteiger partial charge >= 0.3 is 0 Å². The van der Waals surface area contributed by atoms with E-state index in [-0.39, 0.29) is 0 Å². The number of ether oxygens (including phenoxy) is 1. The van der Waals surface area contributed by atoms with E-state index in [0.717, 1.165) is 18.2 Å². The lowest BCUT2D eigenvalue weighted by Gasteiger charge is -2.24. The smallest absolute Gasteiger partial charge is 0.125 e. The van der Waals surface area contributed by atoms with Crippen LogP contribution in [0.1, 0.15) is 18.1 Å². The normalized spacial score (nSPS) is 11.4. The molecule has 0 aromatic heterocycles. The Morgan fingerprint density at radius 2 is 1.80 bits per heavy atom. The minimum atomic E-state index is -1.50. The van der Waals surface area contributed by atoms with Crippen LogP contribution in [-0.2, 0) is 12.5 Å². The predicted molar refractivity (Wildman–Crippen MR) is 88.5 cm³/mol. The monoisotopic (exact) mass is 283 g/mol. The molecule has 0 aliphatic carbocycles. The molecule has 0 saturated heterocycles. The Morgan fingerprint density at radius 3 is 2.40 bits per heavy atom. The Balaban J connectivity index is 2.34. The van der Waals surface area contributed by atoms with Gasteiger partial charge in [-0.2, -0.15) is 0 Å². The summed E-state index contributed by atoms with van der Waals surface area (Å²) in [6.45, 7) is 6.99. The van der Waals surface area contributed by atoms with E-state index in [9.17, 15) is 0 Å². The van der Waals surface area contributed by atoms with E-state index < -0.39 is 8.07 Å². The number of hydrogen-bond acceptors (Lipinski definition) is 1. The lowest BCUT2D eigenvalue weighted by Crippen LogP contribution is -2.44. The van der Waals surface area contributed by atoms with E-state index in [1.807, 2.05) is 6.07 Å². The first-order valence-electron chi connectivity index (χ1n) is 7.20. The maximum atomic E-state index is 5.64. The molecule has 2 heteroatoms. The average molecular weight is 283 g/mol. The minimum absolute atomic E-state index is 0.963. The lowest BCUT2D eigenvalue weighted by atomic mass is 10.1. The second-order valence-electron chi connectivity index (χ2n) is 5.79. The molecule has 0 heterocycles. The Hall–Kier alpha value is -1.54. The van der Waals surface area contributed by atoms with Crippen molar-refractivity contribution in [2.24, 2.45) is 0 Å². The van der Waals surface area contributed by atoms with Gasteiger partial charge in [0, 0.05) is 5.56 Å². The van der Waals surface area contributed by atoms with Crippen LogP contribution < -0.4 is 9.92 Å². The Morgan fingerprint density at radius 1 is 1.10 bits per heavy atom. The van der Waals surface area contributed by atoms with Gasteiger partial charge in [-0.25, -0.2) is 0 Å². The van der Waals surface area contributed by atoms with Gasteiger partial charge in [-0.15, -0.1) is 0 Å². The van der Waals surface area contributed by atoms with Crippen molar-refractivity contribution in [1.29, 1.82) is 0 Å². The van der Waals surface area contributed by atoms with Crippen molar-refractivity contribution in [2.45, 2.75) is 32.5 Å². The summed E-state index contributed by atoms with van der Waals surface area (Å²) < 4.78 is 5.64. The zero-order valence-corrected chi connectivity index (χ0v) is 13.9. The maximum Gasteiger partial charge on any atom is 0.125 e. The van der Waals surface area contributed by atoms with Crippen LogP contribution in [-0.4, -0.2) is 15.2 Å². The molecule has 0 aliphatic heterocycles. The molecule has 0 unspecified atom stereocenters. The number of aryl methyl sites for hydroxylation is 1. The third-order valence-corrected chi connectivity index (χ3v) is 7.01. The summed E-state index contributed by atoms with van der Waals surface area (Å²) in [5.41, 5.74) is 2.51. The van der Waals surface area contributed by atoms with E-state index in [1.165, 1.54) is 16.3 Å².